The molecule has 196 valence electrons. The van der Waals surface area contributed by atoms with E-state index in [4.69, 9.17) is 10.5 Å². The molecule has 2 amide bonds. The van der Waals surface area contributed by atoms with Crippen LogP contribution in [0, 0.1) is 5.92 Å². The van der Waals surface area contributed by atoms with Gasteiger partial charge in [-0.3, -0.25) is 14.3 Å². The maximum Gasteiger partial charge on any atom is 0.409 e. The Kier molecular flexibility index (Phi) is 8.37. The van der Waals surface area contributed by atoms with Crippen LogP contribution in [0.5, 0.6) is 5.75 Å². The third kappa shape index (κ3) is 6.84. The van der Waals surface area contributed by atoms with Crippen LogP contribution < -0.4 is 15.9 Å². The van der Waals surface area contributed by atoms with Crippen molar-refractivity contribution in [2.45, 2.75) is 58.9 Å². The van der Waals surface area contributed by atoms with Crippen LogP contribution in [0.15, 0.2) is 47.7 Å². The molecule has 3 heterocycles. The number of carbonyl (C=O) groups excluding carboxylic acids is 2. The largest absolute Gasteiger partial charge is 0.410 e. The van der Waals surface area contributed by atoms with E-state index in [1.165, 1.54) is 6.07 Å². The summed E-state index contributed by atoms with van der Waals surface area (Å²) in [4.78, 5) is 38.3. The summed E-state index contributed by atoms with van der Waals surface area (Å²) in [5, 5.41) is 8.98. The fraction of sp³-hybridized carbons (Fsp3) is 0.444. The number of aromatic nitrogens is 4. The Morgan fingerprint density at radius 3 is 2.68 bits per heavy atom. The van der Waals surface area contributed by atoms with Crippen molar-refractivity contribution in [2.24, 2.45) is 11.7 Å². The van der Waals surface area contributed by atoms with E-state index in [1.54, 1.807) is 33.9 Å². The van der Waals surface area contributed by atoms with E-state index in [0.717, 1.165) is 42.7 Å². The summed E-state index contributed by atoms with van der Waals surface area (Å²) in [6.45, 7) is 6.49. The first-order chi connectivity index (χ1) is 17.8. The molecule has 1 aliphatic heterocycles. The van der Waals surface area contributed by atoms with Crippen LogP contribution in [0.25, 0.3) is 5.69 Å². The SMILES string of the molecule is CC(C)Cc1c(Cc2nn(-c3cnn(CCCC(=O)N4CCCC4)c3)ccc2=O)cccc1OC(N)=O. The Balaban J connectivity index is 1.48. The summed E-state index contributed by atoms with van der Waals surface area (Å²) >= 11 is 0. The quantitative estimate of drug-likeness (QED) is 0.450. The van der Waals surface area contributed by atoms with Crippen molar-refractivity contribution in [3.63, 3.8) is 0 Å². The summed E-state index contributed by atoms with van der Waals surface area (Å²) in [7, 11) is 0. The van der Waals surface area contributed by atoms with Gasteiger partial charge in [-0.1, -0.05) is 26.0 Å². The van der Waals surface area contributed by atoms with Crippen LogP contribution >= 0.6 is 0 Å². The number of amides is 2. The number of carbonyl (C=O) groups is 2. The van der Waals surface area contributed by atoms with Crippen molar-refractivity contribution in [2.75, 3.05) is 13.1 Å². The predicted octanol–water partition coefficient (Wildman–Crippen LogP) is 3.08. The van der Waals surface area contributed by atoms with Gasteiger partial charge in [0.15, 0.2) is 0 Å². The first-order valence-electron chi connectivity index (χ1n) is 12.8. The van der Waals surface area contributed by atoms with Gasteiger partial charge in [0.25, 0.3) is 0 Å². The van der Waals surface area contributed by atoms with E-state index in [9.17, 15) is 14.4 Å². The van der Waals surface area contributed by atoms with E-state index < -0.39 is 6.09 Å². The molecule has 1 aliphatic rings. The van der Waals surface area contributed by atoms with Crippen LogP contribution in [0.2, 0.25) is 0 Å². The topological polar surface area (TPSA) is 125 Å². The number of primary amides is 1. The summed E-state index contributed by atoms with van der Waals surface area (Å²) in [6.07, 6.45) is 8.63. The minimum absolute atomic E-state index is 0.180. The second kappa shape index (κ2) is 11.9. The molecule has 0 spiro atoms. The zero-order valence-electron chi connectivity index (χ0n) is 21.4. The van der Waals surface area contributed by atoms with Gasteiger partial charge in [-0.15, -0.1) is 0 Å². The third-order valence-corrected chi connectivity index (χ3v) is 6.41. The number of hydrogen-bond donors (Lipinski definition) is 1. The summed E-state index contributed by atoms with van der Waals surface area (Å²) in [5.41, 5.74) is 7.86. The molecule has 0 unspecified atom stereocenters. The molecule has 0 atom stereocenters. The van der Waals surface area contributed by atoms with Crippen LogP contribution in [-0.4, -0.2) is 49.6 Å². The van der Waals surface area contributed by atoms with Crippen LogP contribution in [-0.2, 0) is 24.2 Å². The van der Waals surface area contributed by atoms with E-state index in [1.807, 2.05) is 17.2 Å². The van der Waals surface area contributed by atoms with Gasteiger partial charge in [0.05, 0.1) is 12.4 Å². The van der Waals surface area contributed by atoms with E-state index in [-0.39, 0.29) is 17.8 Å². The number of likely N-dealkylation sites (tertiary alicyclic amines) is 1. The number of nitrogens with two attached hydrogens (primary N) is 1. The monoisotopic (exact) mass is 506 g/mol. The van der Waals surface area contributed by atoms with E-state index in [0.29, 0.717) is 43.2 Å². The molecular weight excluding hydrogens is 472 g/mol. The molecule has 10 heteroatoms. The maximum absolute atomic E-state index is 12.7. The highest BCUT2D eigenvalue weighted by molar-refractivity contribution is 5.76. The second-order valence-electron chi connectivity index (χ2n) is 9.81. The summed E-state index contributed by atoms with van der Waals surface area (Å²) in [6, 6.07) is 6.87. The van der Waals surface area contributed by atoms with Gasteiger partial charge in [0.2, 0.25) is 11.3 Å². The molecule has 1 saturated heterocycles. The van der Waals surface area contributed by atoms with Crippen molar-refractivity contribution < 1.29 is 14.3 Å². The molecule has 3 aromatic rings. The molecule has 0 bridgehead atoms. The van der Waals surface area contributed by atoms with E-state index in [2.05, 4.69) is 24.0 Å². The molecule has 1 fully saturated rings. The zero-order valence-corrected chi connectivity index (χ0v) is 21.4. The lowest BCUT2D eigenvalue weighted by Crippen LogP contribution is -2.27. The third-order valence-electron chi connectivity index (χ3n) is 6.41. The molecule has 0 radical (unpaired) electrons. The van der Waals surface area contributed by atoms with E-state index >= 15 is 0 Å². The second-order valence-corrected chi connectivity index (χ2v) is 9.81. The summed E-state index contributed by atoms with van der Waals surface area (Å²) < 4.78 is 8.64. The van der Waals surface area contributed by atoms with Crippen molar-refractivity contribution in [3.05, 3.63) is 69.9 Å². The molecule has 10 nitrogen and oxygen atoms in total. The standard InChI is InChI=1S/C27H34N6O4/c1-19(2)15-22-20(7-5-8-25(22)37-27(28)36)16-23-24(34)10-14-33(30-23)21-17-29-32(18-21)13-6-9-26(35)31-11-3-4-12-31/h5,7-8,10,14,17-19H,3-4,6,9,11-13,15-16H2,1-2H3,(H2,28,36). The predicted molar refractivity (Wildman–Crippen MR) is 139 cm³/mol. The smallest absolute Gasteiger partial charge is 0.409 e. The Labute approximate surface area is 216 Å². The lowest BCUT2D eigenvalue weighted by atomic mass is 9.94. The fourth-order valence-corrected chi connectivity index (χ4v) is 4.62. The van der Waals surface area contributed by atoms with Gasteiger partial charge in [0, 0.05) is 44.7 Å². The summed E-state index contributed by atoms with van der Waals surface area (Å²) in [5.74, 6) is 0.909. The Bertz CT molecular complexity index is 1310. The highest BCUT2D eigenvalue weighted by atomic mass is 16.5. The zero-order chi connectivity index (χ0) is 26.4. The number of aryl methyl sites for hydroxylation is 1. The van der Waals surface area contributed by atoms with Gasteiger partial charge in [0.1, 0.15) is 17.1 Å². The molecule has 0 saturated carbocycles. The normalized spacial score (nSPS) is 13.3. The molecular formula is C27H34N6O4. The maximum atomic E-state index is 12.7. The van der Waals surface area contributed by atoms with Gasteiger partial charge >= 0.3 is 6.09 Å². The van der Waals surface area contributed by atoms with Crippen molar-refractivity contribution >= 4 is 12.0 Å². The van der Waals surface area contributed by atoms with Crippen LogP contribution in [0.3, 0.4) is 0 Å². The van der Waals surface area contributed by atoms with Crippen molar-refractivity contribution in [1.29, 1.82) is 0 Å². The molecule has 37 heavy (non-hydrogen) atoms. The number of benzene rings is 1. The Morgan fingerprint density at radius 2 is 1.95 bits per heavy atom. The minimum atomic E-state index is -0.875. The van der Waals surface area contributed by atoms with Gasteiger partial charge < -0.3 is 15.4 Å². The molecule has 1 aromatic carbocycles. The number of hydrogen-bond acceptors (Lipinski definition) is 6. The number of rotatable bonds is 10. The molecule has 2 N–H and O–H groups in total. The average Bonchev–Trinajstić information content (AvgIpc) is 3.55. The van der Waals surface area contributed by atoms with Gasteiger partial charge in [-0.25, -0.2) is 9.48 Å². The Morgan fingerprint density at radius 1 is 1.16 bits per heavy atom. The van der Waals surface area contributed by atoms with Gasteiger partial charge in [-0.2, -0.15) is 10.2 Å². The lowest BCUT2D eigenvalue weighted by molar-refractivity contribution is -0.130. The average molecular weight is 507 g/mol. The minimum Gasteiger partial charge on any atom is -0.410 e. The molecule has 4 rings (SSSR count). The molecule has 0 aliphatic carbocycles. The highest BCUT2D eigenvalue weighted by Gasteiger charge is 2.18. The first kappa shape index (κ1) is 26.1. The lowest BCUT2D eigenvalue weighted by Gasteiger charge is -2.16. The number of ether oxygens (including phenoxy) is 1. The van der Waals surface area contributed by atoms with Crippen molar-refractivity contribution in [1.82, 2.24) is 24.5 Å². The van der Waals surface area contributed by atoms with Gasteiger partial charge in [-0.05, 0) is 48.8 Å². The number of nitrogens with zero attached hydrogens (tertiary/aromatic N) is 5. The fourth-order valence-electron chi connectivity index (χ4n) is 4.62. The Hall–Kier alpha value is -3.95. The van der Waals surface area contributed by atoms with Crippen molar-refractivity contribution in [3.8, 4) is 11.4 Å². The molecule has 2 aromatic heterocycles. The highest BCUT2D eigenvalue weighted by Crippen LogP contribution is 2.27. The van der Waals surface area contributed by atoms with Crippen LogP contribution in [0.1, 0.15) is 56.4 Å². The first-order valence-corrected chi connectivity index (χ1v) is 12.8. The van der Waals surface area contributed by atoms with Crippen LogP contribution in [0.4, 0.5) is 4.79 Å².